The van der Waals surface area contributed by atoms with E-state index in [0.717, 1.165) is 11.1 Å². The lowest BCUT2D eigenvalue weighted by Crippen LogP contribution is -1.77. The van der Waals surface area contributed by atoms with Gasteiger partial charge in [-0.25, -0.2) is 0 Å². The summed E-state index contributed by atoms with van der Waals surface area (Å²) >= 11 is 0. The molecule has 2 aromatic carbocycles. The summed E-state index contributed by atoms with van der Waals surface area (Å²) in [5, 5.41) is 17.1. The second-order valence-electron chi connectivity index (χ2n) is 3.29. The number of hydrogen-bond acceptors (Lipinski definition) is 2. The molecule has 2 N–H and O–H groups in total. The van der Waals surface area contributed by atoms with Gasteiger partial charge in [0.25, 0.3) is 0 Å². The number of benzene rings is 2. The van der Waals surface area contributed by atoms with Crippen LogP contribution in [0.15, 0.2) is 60.7 Å². The molecule has 0 aliphatic heterocycles. The molecule has 0 fully saturated rings. The van der Waals surface area contributed by atoms with E-state index in [0.29, 0.717) is 0 Å². The maximum absolute atomic E-state index is 8.54. The Bertz CT molecular complexity index is 331. The summed E-state index contributed by atoms with van der Waals surface area (Å²) in [5.41, 5.74) is 1.93. The van der Waals surface area contributed by atoms with E-state index in [1.807, 2.05) is 74.5 Å². The zero-order valence-corrected chi connectivity index (χ0v) is 11.1. The normalized spacial score (nSPS) is 8.44. The van der Waals surface area contributed by atoms with E-state index in [1.165, 1.54) is 0 Å². The molecule has 0 radical (unpaired) electrons. The second-order valence-corrected chi connectivity index (χ2v) is 3.29. The standard InChI is InChI=1S/2C7H8O.C2H6/c2*8-6-7-4-2-1-3-5-7;1-2/h2*1-5,8H,6H2;1-2H3. The highest BCUT2D eigenvalue weighted by Gasteiger charge is 1.81. The SMILES string of the molecule is CC.OCc1ccccc1.OCc1ccccc1. The van der Waals surface area contributed by atoms with Crippen LogP contribution in [0.4, 0.5) is 0 Å². The van der Waals surface area contributed by atoms with Gasteiger partial charge in [-0.2, -0.15) is 0 Å². The molecule has 2 rings (SSSR count). The van der Waals surface area contributed by atoms with Crippen molar-refractivity contribution < 1.29 is 10.2 Å². The molecule has 0 aliphatic rings. The van der Waals surface area contributed by atoms with Gasteiger partial charge in [-0.3, -0.25) is 0 Å². The highest BCUT2D eigenvalue weighted by Crippen LogP contribution is 1.96. The molecule has 0 saturated heterocycles. The van der Waals surface area contributed by atoms with E-state index in [1.54, 1.807) is 0 Å². The van der Waals surface area contributed by atoms with E-state index in [2.05, 4.69) is 0 Å². The van der Waals surface area contributed by atoms with Crippen molar-refractivity contribution in [1.29, 1.82) is 0 Å². The van der Waals surface area contributed by atoms with Gasteiger partial charge in [0, 0.05) is 0 Å². The van der Waals surface area contributed by atoms with Crippen LogP contribution in [0, 0.1) is 0 Å². The predicted octanol–water partition coefficient (Wildman–Crippen LogP) is 3.38. The molecule has 2 nitrogen and oxygen atoms in total. The fraction of sp³-hybridized carbons (Fsp3) is 0.250. The molecule has 0 amide bonds. The Morgan fingerprint density at radius 1 is 0.611 bits per heavy atom. The largest absolute Gasteiger partial charge is 0.392 e. The molecular weight excluding hydrogens is 224 g/mol. The predicted molar refractivity (Wildman–Crippen MR) is 76.1 cm³/mol. The summed E-state index contributed by atoms with van der Waals surface area (Å²) in [7, 11) is 0. The average molecular weight is 246 g/mol. The molecule has 0 bridgehead atoms. The fourth-order valence-corrected chi connectivity index (χ4v) is 1.17. The van der Waals surface area contributed by atoms with Crippen LogP contribution < -0.4 is 0 Å². The van der Waals surface area contributed by atoms with Crippen molar-refractivity contribution in [2.75, 3.05) is 0 Å². The molecule has 0 aliphatic carbocycles. The van der Waals surface area contributed by atoms with Crippen LogP contribution >= 0.6 is 0 Å². The zero-order chi connectivity index (χ0) is 13.6. The van der Waals surface area contributed by atoms with Gasteiger partial charge in [0.15, 0.2) is 0 Å². The van der Waals surface area contributed by atoms with Gasteiger partial charge < -0.3 is 10.2 Å². The maximum atomic E-state index is 8.54. The van der Waals surface area contributed by atoms with E-state index in [4.69, 9.17) is 10.2 Å². The maximum Gasteiger partial charge on any atom is 0.0681 e. The summed E-state index contributed by atoms with van der Waals surface area (Å²) in [4.78, 5) is 0. The van der Waals surface area contributed by atoms with Crippen molar-refractivity contribution in [2.24, 2.45) is 0 Å². The molecule has 0 saturated carbocycles. The minimum atomic E-state index is 0.140. The Balaban J connectivity index is 0.000000283. The van der Waals surface area contributed by atoms with Gasteiger partial charge in [-0.05, 0) is 11.1 Å². The van der Waals surface area contributed by atoms with Crippen molar-refractivity contribution in [3.05, 3.63) is 71.8 Å². The van der Waals surface area contributed by atoms with E-state index in [-0.39, 0.29) is 13.2 Å². The van der Waals surface area contributed by atoms with E-state index in [9.17, 15) is 0 Å². The number of aliphatic hydroxyl groups excluding tert-OH is 2. The van der Waals surface area contributed by atoms with Crippen LogP contribution in [0.2, 0.25) is 0 Å². The van der Waals surface area contributed by atoms with Gasteiger partial charge in [-0.15, -0.1) is 0 Å². The van der Waals surface area contributed by atoms with Crippen molar-refractivity contribution in [2.45, 2.75) is 27.1 Å². The first kappa shape index (κ1) is 16.4. The van der Waals surface area contributed by atoms with Crippen molar-refractivity contribution in [1.82, 2.24) is 0 Å². The monoisotopic (exact) mass is 246 g/mol. The first-order valence-corrected chi connectivity index (χ1v) is 6.16. The van der Waals surface area contributed by atoms with E-state index >= 15 is 0 Å². The van der Waals surface area contributed by atoms with Gasteiger partial charge in [-0.1, -0.05) is 74.5 Å². The van der Waals surface area contributed by atoms with Gasteiger partial charge in [0.2, 0.25) is 0 Å². The molecule has 0 heterocycles. The number of rotatable bonds is 2. The Morgan fingerprint density at radius 3 is 1.06 bits per heavy atom. The Labute approximate surface area is 110 Å². The molecule has 0 atom stereocenters. The Morgan fingerprint density at radius 2 is 0.889 bits per heavy atom. The highest BCUT2D eigenvalue weighted by atomic mass is 16.3. The minimum Gasteiger partial charge on any atom is -0.392 e. The number of hydrogen-bond donors (Lipinski definition) is 2. The lowest BCUT2D eigenvalue weighted by molar-refractivity contribution is 0.281. The smallest absolute Gasteiger partial charge is 0.0681 e. The van der Waals surface area contributed by atoms with Crippen molar-refractivity contribution >= 4 is 0 Å². The zero-order valence-electron chi connectivity index (χ0n) is 11.1. The Hall–Kier alpha value is -1.64. The van der Waals surface area contributed by atoms with Crippen LogP contribution in [0.25, 0.3) is 0 Å². The van der Waals surface area contributed by atoms with Gasteiger partial charge >= 0.3 is 0 Å². The second kappa shape index (κ2) is 11.8. The van der Waals surface area contributed by atoms with Crippen molar-refractivity contribution in [3.8, 4) is 0 Å². The molecule has 98 valence electrons. The third-order valence-electron chi connectivity index (χ3n) is 2.05. The first-order chi connectivity index (χ1) is 8.86. The summed E-state index contributed by atoms with van der Waals surface area (Å²) in [6.45, 7) is 4.28. The molecule has 0 aromatic heterocycles. The summed E-state index contributed by atoms with van der Waals surface area (Å²) in [6, 6.07) is 19.0. The minimum absolute atomic E-state index is 0.140. The van der Waals surface area contributed by atoms with Crippen molar-refractivity contribution in [3.63, 3.8) is 0 Å². The highest BCUT2D eigenvalue weighted by molar-refractivity contribution is 5.13. The van der Waals surface area contributed by atoms with Gasteiger partial charge in [0.1, 0.15) is 0 Å². The van der Waals surface area contributed by atoms with Crippen LogP contribution in [0.3, 0.4) is 0 Å². The lowest BCUT2D eigenvalue weighted by Gasteiger charge is -1.89. The van der Waals surface area contributed by atoms with Crippen LogP contribution in [-0.2, 0) is 13.2 Å². The first-order valence-electron chi connectivity index (χ1n) is 6.16. The molecular formula is C16H22O2. The van der Waals surface area contributed by atoms with Crippen LogP contribution in [-0.4, -0.2) is 10.2 Å². The molecule has 2 heteroatoms. The third kappa shape index (κ3) is 7.60. The fourth-order valence-electron chi connectivity index (χ4n) is 1.17. The summed E-state index contributed by atoms with van der Waals surface area (Å²) < 4.78 is 0. The van der Waals surface area contributed by atoms with Gasteiger partial charge in [0.05, 0.1) is 13.2 Å². The third-order valence-corrected chi connectivity index (χ3v) is 2.05. The molecule has 0 spiro atoms. The summed E-state index contributed by atoms with van der Waals surface area (Å²) in [5.74, 6) is 0. The topological polar surface area (TPSA) is 40.5 Å². The van der Waals surface area contributed by atoms with E-state index < -0.39 is 0 Å². The number of aliphatic hydroxyl groups is 2. The lowest BCUT2D eigenvalue weighted by atomic mass is 10.2. The molecule has 18 heavy (non-hydrogen) atoms. The summed E-state index contributed by atoms with van der Waals surface area (Å²) in [6.07, 6.45) is 0. The average Bonchev–Trinajstić information content (AvgIpc) is 2.51. The Kier molecular flexibility index (Phi) is 10.8. The molecule has 0 unspecified atom stereocenters. The van der Waals surface area contributed by atoms with Crippen LogP contribution in [0.1, 0.15) is 25.0 Å². The van der Waals surface area contributed by atoms with Crippen LogP contribution in [0.5, 0.6) is 0 Å². The molecule has 2 aromatic rings. The quantitative estimate of drug-likeness (QED) is 0.852.